The molecule has 0 aromatic heterocycles. The van der Waals surface area contributed by atoms with Gasteiger partial charge in [-0.15, -0.1) is 0 Å². The maximum Gasteiger partial charge on any atom is 0.323 e. The average molecular weight is 277 g/mol. The van der Waals surface area contributed by atoms with E-state index in [1.165, 1.54) is 30.9 Å². The van der Waals surface area contributed by atoms with Crippen LogP contribution in [0.5, 0.6) is 5.75 Å². The third kappa shape index (κ3) is 3.51. The third-order valence-electron chi connectivity index (χ3n) is 3.86. The zero-order valence-electron chi connectivity index (χ0n) is 12.2. The number of aryl methyl sites for hydroxylation is 2. The molecule has 2 unspecified atom stereocenters. The highest BCUT2D eigenvalue weighted by molar-refractivity contribution is 5.77. The number of benzene rings is 1. The molecule has 0 aliphatic heterocycles. The number of hydrogen-bond donors (Lipinski definition) is 2. The quantitative estimate of drug-likeness (QED) is 0.867. The van der Waals surface area contributed by atoms with Crippen LogP contribution < -0.4 is 10.5 Å². The summed E-state index contributed by atoms with van der Waals surface area (Å²) in [5, 5.41) is 9.03. The summed E-state index contributed by atoms with van der Waals surface area (Å²) in [6.45, 7) is 3.37. The fourth-order valence-electron chi connectivity index (χ4n) is 2.74. The van der Waals surface area contributed by atoms with Gasteiger partial charge in [0.2, 0.25) is 0 Å². The number of fused-ring (bicyclic) bond motifs is 1. The lowest BCUT2D eigenvalue weighted by atomic mass is 9.91. The minimum Gasteiger partial charge on any atom is -0.491 e. The third-order valence-corrected chi connectivity index (χ3v) is 3.86. The molecule has 1 aliphatic carbocycles. The minimum absolute atomic E-state index is 0.234. The molecule has 1 aromatic rings. The van der Waals surface area contributed by atoms with Crippen molar-refractivity contribution in [3.63, 3.8) is 0 Å². The summed E-state index contributed by atoms with van der Waals surface area (Å²) in [5.74, 6) is -0.197. The highest BCUT2D eigenvalue weighted by Gasteiger charge is 2.30. The van der Waals surface area contributed by atoms with Crippen LogP contribution in [0.2, 0.25) is 0 Å². The van der Waals surface area contributed by atoms with Crippen LogP contribution in [-0.2, 0) is 17.6 Å². The van der Waals surface area contributed by atoms with Gasteiger partial charge >= 0.3 is 5.97 Å². The summed E-state index contributed by atoms with van der Waals surface area (Å²) in [6, 6.07) is 6.17. The molecule has 110 valence electrons. The molecular formula is C16H23NO3. The first-order valence-electron chi connectivity index (χ1n) is 7.19. The summed E-state index contributed by atoms with van der Waals surface area (Å²) in [5.41, 5.74) is 7.25. The van der Waals surface area contributed by atoms with Crippen molar-refractivity contribution < 1.29 is 14.6 Å². The number of hydrogen-bond acceptors (Lipinski definition) is 3. The Balaban J connectivity index is 2.01. The number of nitrogens with two attached hydrogens (primary N) is 1. The van der Waals surface area contributed by atoms with Gasteiger partial charge in [-0.3, -0.25) is 4.79 Å². The highest BCUT2D eigenvalue weighted by atomic mass is 16.5. The van der Waals surface area contributed by atoms with Crippen LogP contribution in [0.1, 0.15) is 44.2 Å². The van der Waals surface area contributed by atoms with Crippen LogP contribution in [0.15, 0.2) is 18.2 Å². The highest BCUT2D eigenvalue weighted by Crippen LogP contribution is 2.26. The van der Waals surface area contributed by atoms with Crippen LogP contribution in [0.3, 0.4) is 0 Å². The molecule has 0 bridgehead atoms. The molecule has 0 saturated carbocycles. The Morgan fingerprint density at radius 3 is 2.70 bits per heavy atom. The van der Waals surface area contributed by atoms with E-state index < -0.39 is 11.5 Å². The van der Waals surface area contributed by atoms with Crippen LogP contribution in [0.4, 0.5) is 0 Å². The number of rotatable bonds is 5. The van der Waals surface area contributed by atoms with Gasteiger partial charge in [-0.2, -0.15) is 0 Å². The number of aliphatic carboxylic acids is 1. The molecule has 20 heavy (non-hydrogen) atoms. The Bertz CT molecular complexity index is 496. The number of carboxylic acid groups (broad SMARTS) is 1. The molecule has 0 radical (unpaired) electrons. The maximum absolute atomic E-state index is 11.0. The maximum atomic E-state index is 11.0. The molecule has 0 amide bonds. The van der Waals surface area contributed by atoms with Gasteiger partial charge < -0.3 is 15.6 Å². The summed E-state index contributed by atoms with van der Waals surface area (Å²) in [6.07, 6.45) is 4.78. The molecule has 1 aliphatic rings. The normalized spacial score (nSPS) is 18.8. The second-order valence-electron chi connectivity index (χ2n) is 5.99. The lowest BCUT2D eigenvalue weighted by Gasteiger charge is -2.25. The van der Waals surface area contributed by atoms with Gasteiger partial charge in [0.25, 0.3) is 0 Å². The molecular weight excluding hydrogens is 254 g/mol. The van der Waals surface area contributed by atoms with Gasteiger partial charge in [0.1, 0.15) is 11.3 Å². The van der Waals surface area contributed by atoms with Gasteiger partial charge in [0.15, 0.2) is 0 Å². The van der Waals surface area contributed by atoms with Gasteiger partial charge in [0, 0.05) is 6.42 Å². The van der Waals surface area contributed by atoms with E-state index in [9.17, 15) is 4.79 Å². The van der Waals surface area contributed by atoms with E-state index in [-0.39, 0.29) is 12.5 Å². The second kappa shape index (κ2) is 5.83. The summed E-state index contributed by atoms with van der Waals surface area (Å²) in [4.78, 5) is 11.0. The van der Waals surface area contributed by atoms with E-state index in [2.05, 4.69) is 12.1 Å². The van der Waals surface area contributed by atoms with Gasteiger partial charge in [-0.25, -0.2) is 0 Å². The van der Waals surface area contributed by atoms with Crippen molar-refractivity contribution in [2.75, 3.05) is 0 Å². The van der Waals surface area contributed by atoms with Gasteiger partial charge in [0.05, 0.1) is 6.10 Å². The molecule has 0 spiro atoms. The summed E-state index contributed by atoms with van der Waals surface area (Å²) < 4.78 is 5.82. The Labute approximate surface area is 119 Å². The van der Waals surface area contributed by atoms with E-state index in [0.29, 0.717) is 0 Å². The topological polar surface area (TPSA) is 72.6 Å². The molecule has 1 aromatic carbocycles. The van der Waals surface area contributed by atoms with E-state index >= 15 is 0 Å². The predicted molar refractivity (Wildman–Crippen MR) is 78.0 cm³/mol. The molecule has 2 atom stereocenters. The number of carbonyl (C=O) groups is 1. The van der Waals surface area contributed by atoms with Crippen molar-refractivity contribution in [2.24, 2.45) is 5.73 Å². The second-order valence-corrected chi connectivity index (χ2v) is 5.99. The number of ether oxygens (including phenoxy) is 1. The van der Waals surface area contributed by atoms with Crippen LogP contribution in [0, 0.1) is 0 Å². The van der Waals surface area contributed by atoms with Crippen LogP contribution in [-0.4, -0.2) is 22.7 Å². The Morgan fingerprint density at radius 2 is 2.05 bits per heavy atom. The zero-order valence-corrected chi connectivity index (χ0v) is 12.2. The van der Waals surface area contributed by atoms with E-state index in [4.69, 9.17) is 15.6 Å². The Morgan fingerprint density at radius 1 is 1.40 bits per heavy atom. The Hall–Kier alpha value is -1.55. The lowest BCUT2D eigenvalue weighted by molar-refractivity contribution is -0.143. The van der Waals surface area contributed by atoms with Crippen molar-refractivity contribution in [1.29, 1.82) is 0 Å². The minimum atomic E-state index is -1.26. The molecule has 0 heterocycles. The zero-order chi connectivity index (χ0) is 14.8. The Kier molecular flexibility index (Phi) is 4.33. The number of carboxylic acids is 1. The van der Waals surface area contributed by atoms with Crippen molar-refractivity contribution in [3.8, 4) is 5.75 Å². The van der Waals surface area contributed by atoms with E-state index in [1.54, 1.807) is 0 Å². The smallest absolute Gasteiger partial charge is 0.323 e. The van der Waals surface area contributed by atoms with Gasteiger partial charge in [-0.1, -0.05) is 6.07 Å². The fraction of sp³-hybridized carbons (Fsp3) is 0.562. The summed E-state index contributed by atoms with van der Waals surface area (Å²) >= 11 is 0. The molecule has 0 saturated heterocycles. The van der Waals surface area contributed by atoms with E-state index in [0.717, 1.165) is 18.6 Å². The van der Waals surface area contributed by atoms with Crippen molar-refractivity contribution >= 4 is 5.97 Å². The van der Waals surface area contributed by atoms with Crippen molar-refractivity contribution in [2.45, 2.75) is 57.6 Å². The monoisotopic (exact) mass is 277 g/mol. The van der Waals surface area contributed by atoms with E-state index in [1.807, 2.05) is 13.0 Å². The van der Waals surface area contributed by atoms with Crippen LogP contribution in [0.25, 0.3) is 0 Å². The molecule has 3 N–H and O–H groups in total. The first kappa shape index (κ1) is 14.9. The molecule has 4 heteroatoms. The molecule has 4 nitrogen and oxygen atoms in total. The standard InChI is InChI=1S/C16H23NO3/c1-11(10-16(2,17)15(18)19)20-14-8-7-12-5-3-4-6-13(12)9-14/h7-9,11H,3-6,10,17H2,1-2H3,(H,18,19). The van der Waals surface area contributed by atoms with Crippen molar-refractivity contribution in [3.05, 3.63) is 29.3 Å². The fourth-order valence-corrected chi connectivity index (χ4v) is 2.74. The lowest BCUT2D eigenvalue weighted by Crippen LogP contribution is -2.47. The van der Waals surface area contributed by atoms with Gasteiger partial charge in [-0.05, 0) is 62.8 Å². The first-order valence-corrected chi connectivity index (χ1v) is 7.19. The van der Waals surface area contributed by atoms with Crippen LogP contribution >= 0.6 is 0 Å². The first-order chi connectivity index (χ1) is 9.38. The largest absolute Gasteiger partial charge is 0.491 e. The summed E-state index contributed by atoms with van der Waals surface area (Å²) in [7, 11) is 0. The molecule has 0 fully saturated rings. The predicted octanol–water partition coefficient (Wildman–Crippen LogP) is 2.52. The average Bonchev–Trinajstić information content (AvgIpc) is 2.37. The van der Waals surface area contributed by atoms with Crippen molar-refractivity contribution in [1.82, 2.24) is 0 Å². The molecule has 2 rings (SSSR count). The SMILES string of the molecule is CC(CC(C)(N)C(=O)O)Oc1ccc2c(c1)CCCC2.